The first-order valence-electron chi connectivity index (χ1n) is 12.3. The van der Waals surface area contributed by atoms with Crippen LogP contribution in [0.25, 0.3) is 0 Å². The first-order valence-corrected chi connectivity index (χ1v) is 13.2. The molecule has 2 aliphatic rings. The summed E-state index contributed by atoms with van der Waals surface area (Å²) in [5.74, 6) is 1.24. The molecule has 8 heteroatoms. The Morgan fingerprint density at radius 3 is 2.56 bits per heavy atom. The molecule has 1 fully saturated rings. The van der Waals surface area contributed by atoms with Crippen LogP contribution in [0.1, 0.15) is 34.9 Å². The van der Waals surface area contributed by atoms with Crippen molar-refractivity contribution in [1.29, 1.82) is 0 Å². The summed E-state index contributed by atoms with van der Waals surface area (Å²) in [5, 5.41) is 5.03. The van der Waals surface area contributed by atoms with Gasteiger partial charge in [-0.3, -0.25) is 4.79 Å². The van der Waals surface area contributed by atoms with Crippen LogP contribution in [0.2, 0.25) is 0 Å². The minimum absolute atomic E-state index is 0.0486. The molecule has 0 spiro atoms. The zero-order valence-corrected chi connectivity index (χ0v) is 21.4. The van der Waals surface area contributed by atoms with Crippen LogP contribution in [-0.2, 0) is 11.2 Å². The molecule has 1 unspecified atom stereocenters. The van der Waals surface area contributed by atoms with E-state index < -0.39 is 0 Å². The van der Waals surface area contributed by atoms with Crippen LogP contribution >= 0.6 is 11.3 Å². The van der Waals surface area contributed by atoms with Crippen molar-refractivity contribution in [2.45, 2.75) is 38.3 Å². The van der Waals surface area contributed by atoms with Gasteiger partial charge in [0.15, 0.2) is 11.5 Å². The van der Waals surface area contributed by atoms with E-state index in [9.17, 15) is 9.59 Å². The van der Waals surface area contributed by atoms with Crippen molar-refractivity contribution in [3.05, 3.63) is 76.0 Å². The second-order valence-corrected chi connectivity index (χ2v) is 10.3. The molecule has 3 amide bonds. The van der Waals surface area contributed by atoms with Crippen molar-refractivity contribution in [3.63, 3.8) is 0 Å². The van der Waals surface area contributed by atoms with Crippen LogP contribution in [0.3, 0.4) is 0 Å². The molecular weight excluding hydrogens is 474 g/mol. The summed E-state index contributed by atoms with van der Waals surface area (Å²) in [6.45, 7) is 2.97. The first kappa shape index (κ1) is 24.2. The van der Waals surface area contributed by atoms with Crippen molar-refractivity contribution < 1.29 is 19.1 Å². The Labute approximate surface area is 215 Å². The molecule has 1 atom stereocenters. The number of benzene rings is 2. The van der Waals surface area contributed by atoms with E-state index in [1.54, 1.807) is 23.3 Å². The zero-order chi connectivity index (χ0) is 25.1. The molecule has 36 heavy (non-hydrogen) atoms. The zero-order valence-electron chi connectivity index (χ0n) is 20.6. The minimum atomic E-state index is -0.232. The molecule has 1 aromatic heterocycles. The highest BCUT2D eigenvalue weighted by Crippen LogP contribution is 2.36. The van der Waals surface area contributed by atoms with Crippen LogP contribution in [-0.4, -0.2) is 54.6 Å². The maximum Gasteiger partial charge on any atom is 0.322 e. The van der Waals surface area contributed by atoms with E-state index in [4.69, 9.17) is 9.47 Å². The maximum atomic E-state index is 13.6. The number of anilines is 1. The minimum Gasteiger partial charge on any atom is -0.493 e. The number of para-hydroxylation sites is 2. The van der Waals surface area contributed by atoms with Crippen LogP contribution in [0.5, 0.6) is 11.5 Å². The molecule has 0 bridgehead atoms. The largest absolute Gasteiger partial charge is 0.493 e. The fourth-order valence-electron chi connectivity index (χ4n) is 4.60. The Balaban J connectivity index is 1.31. The number of methoxy groups -OCH3 is 1. The van der Waals surface area contributed by atoms with E-state index in [2.05, 4.69) is 16.8 Å². The molecule has 0 saturated heterocycles. The normalized spacial score (nSPS) is 16.7. The van der Waals surface area contributed by atoms with Gasteiger partial charge in [-0.15, -0.1) is 11.3 Å². The number of urea groups is 1. The van der Waals surface area contributed by atoms with Gasteiger partial charge in [0, 0.05) is 23.2 Å². The molecule has 2 heterocycles. The number of fused-ring (bicyclic) bond motifs is 1. The predicted octanol–water partition coefficient (Wildman–Crippen LogP) is 5.27. The highest BCUT2D eigenvalue weighted by Gasteiger charge is 2.38. The number of thiophene rings is 1. The van der Waals surface area contributed by atoms with Gasteiger partial charge in [-0.05, 0) is 67.5 Å². The molecule has 0 radical (unpaired) electrons. The Morgan fingerprint density at radius 1 is 1.08 bits per heavy atom. The van der Waals surface area contributed by atoms with Gasteiger partial charge in [0.05, 0.1) is 13.2 Å². The van der Waals surface area contributed by atoms with E-state index in [0.29, 0.717) is 24.7 Å². The van der Waals surface area contributed by atoms with Crippen molar-refractivity contribution in [2.24, 2.45) is 0 Å². The van der Waals surface area contributed by atoms with Gasteiger partial charge in [-0.2, -0.15) is 0 Å². The third-order valence-corrected chi connectivity index (χ3v) is 7.73. The maximum absolute atomic E-state index is 13.6. The number of aryl methyl sites for hydroxylation is 1. The third kappa shape index (κ3) is 5.33. The van der Waals surface area contributed by atoms with Gasteiger partial charge in [-0.1, -0.05) is 29.8 Å². The third-order valence-electron chi connectivity index (χ3n) is 6.74. The fraction of sp³-hybridized carbons (Fsp3) is 0.357. The molecule has 1 aliphatic heterocycles. The van der Waals surface area contributed by atoms with Gasteiger partial charge < -0.3 is 24.6 Å². The van der Waals surface area contributed by atoms with Gasteiger partial charge in [0.2, 0.25) is 5.91 Å². The highest BCUT2D eigenvalue weighted by atomic mass is 32.1. The number of rotatable bonds is 8. The summed E-state index contributed by atoms with van der Waals surface area (Å²) in [5.41, 5.74) is 2.98. The highest BCUT2D eigenvalue weighted by molar-refractivity contribution is 7.10. The van der Waals surface area contributed by atoms with E-state index in [0.717, 1.165) is 36.1 Å². The van der Waals surface area contributed by atoms with Crippen molar-refractivity contribution in [2.75, 3.05) is 32.1 Å². The number of hydrogen-bond donors (Lipinski definition) is 1. The second-order valence-electron chi connectivity index (χ2n) is 9.27. The van der Waals surface area contributed by atoms with E-state index in [-0.39, 0.29) is 30.6 Å². The lowest BCUT2D eigenvalue weighted by Crippen LogP contribution is -2.49. The molecule has 1 N–H and O–H groups in total. The molecule has 3 aromatic rings. The van der Waals surface area contributed by atoms with Crippen molar-refractivity contribution in [1.82, 2.24) is 9.80 Å². The first-order chi connectivity index (χ1) is 17.5. The van der Waals surface area contributed by atoms with Gasteiger partial charge >= 0.3 is 6.03 Å². The Morgan fingerprint density at radius 2 is 1.83 bits per heavy atom. The lowest BCUT2D eigenvalue weighted by molar-refractivity contribution is -0.135. The lowest BCUT2D eigenvalue weighted by Gasteiger charge is -2.37. The lowest BCUT2D eigenvalue weighted by atomic mass is 10.0. The molecule has 1 aliphatic carbocycles. The van der Waals surface area contributed by atoms with Gasteiger partial charge in [0.25, 0.3) is 0 Å². The van der Waals surface area contributed by atoms with Crippen LogP contribution < -0.4 is 14.8 Å². The summed E-state index contributed by atoms with van der Waals surface area (Å²) < 4.78 is 11.6. The second kappa shape index (κ2) is 10.6. The number of carbonyl (C=O) groups is 2. The van der Waals surface area contributed by atoms with Crippen molar-refractivity contribution in [3.8, 4) is 11.5 Å². The number of nitrogens with one attached hydrogen (secondary N) is 1. The quantitative estimate of drug-likeness (QED) is 0.453. The van der Waals surface area contributed by atoms with Crippen LogP contribution in [0, 0.1) is 6.92 Å². The van der Waals surface area contributed by atoms with Crippen LogP contribution in [0.4, 0.5) is 10.5 Å². The van der Waals surface area contributed by atoms with E-state index >= 15 is 0 Å². The van der Waals surface area contributed by atoms with Gasteiger partial charge in [0.1, 0.15) is 13.2 Å². The number of amides is 3. The smallest absolute Gasteiger partial charge is 0.322 e. The number of nitrogens with zero attached hydrogens (tertiary/aromatic N) is 2. The summed E-state index contributed by atoms with van der Waals surface area (Å²) in [4.78, 5) is 31.6. The van der Waals surface area contributed by atoms with E-state index in [1.807, 2.05) is 60.4 Å². The molecule has 1 saturated carbocycles. The molecular formula is C28H31N3O4S. The Hall–Kier alpha value is -3.52. The summed E-state index contributed by atoms with van der Waals surface area (Å²) in [7, 11) is 1.61. The monoisotopic (exact) mass is 505 g/mol. The van der Waals surface area contributed by atoms with Crippen LogP contribution in [0.15, 0.2) is 60.0 Å². The molecule has 5 rings (SSSR count). The van der Waals surface area contributed by atoms with E-state index in [1.165, 1.54) is 4.88 Å². The number of ether oxygens (including phenoxy) is 2. The average Bonchev–Trinajstić information content (AvgIpc) is 3.62. The molecule has 188 valence electrons. The Kier molecular flexibility index (Phi) is 7.13. The number of hydrogen-bond acceptors (Lipinski definition) is 5. The summed E-state index contributed by atoms with van der Waals surface area (Å²) in [6, 6.07) is 16.9. The number of carbonyl (C=O) groups excluding carboxylic acids is 2. The SMILES string of the molecule is COc1ccccc1OCC1c2ccsc2CCN1C(=O)CN(C(=O)Nc1ccc(C)cc1)C1CC1. The summed E-state index contributed by atoms with van der Waals surface area (Å²) >= 11 is 1.72. The average molecular weight is 506 g/mol. The standard InChI is InChI=1S/C28H31N3O4S/c1-19-7-9-20(10-8-19)29-28(33)31(21-11-12-21)17-27(32)30-15-13-26-22(14-16-36-26)23(30)18-35-25-6-4-3-5-24(25)34-2/h3-10,14,16,21,23H,11-13,15,17-18H2,1-2H3,(H,29,33). The Bertz CT molecular complexity index is 1220. The molecule has 7 nitrogen and oxygen atoms in total. The topological polar surface area (TPSA) is 71.1 Å². The van der Waals surface area contributed by atoms with Gasteiger partial charge in [-0.25, -0.2) is 4.79 Å². The van der Waals surface area contributed by atoms with Crippen molar-refractivity contribution >= 4 is 29.0 Å². The predicted molar refractivity (Wildman–Crippen MR) is 141 cm³/mol. The fourth-order valence-corrected chi connectivity index (χ4v) is 5.53. The summed E-state index contributed by atoms with van der Waals surface area (Å²) in [6.07, 6.45) is 2.65. The molecule has 2 aromatic carbocycles.